The Morgan fingerprint density at radius 3 is 2.25 bits per heavy atom. The zero-order valence-electron chi connectivity index (χ0n) is 6.61. The van der Waals surface area contributed by atoms with Crippen LogP contribution in [0.4, 0.5) is 0 Å². The predicted octanol–water partition coefficient (Wildman–Crippen LogP) is -0.763. The second-order valence-electron chi connectivity index (χ2n) is 2.29. The zero-order valence-corrected chi connectivity index (χ0v) is 6.61. The van der Waals surface area contributed by atoms with Crippen molar-refractivity contribution in [3.05, 3.63) is 0 Å². The molecule has 4 N–H and O–H groups in total. The van der Waals surface area contributed by atoms with Crippen molar-refractivity contribution in [2.45, 2.75) is 18.6 Å². The number of hydrogen-bond donors (Lipinski definition) is 3. The van der Waals surface area contributed by atoms with Crippen LogP contribution in [-0.2, 0) is 14.3 Å². The first kappa shape index (κ1) is 10.9. The number of hydrogen-bond acceptors (Lipinski definition) is 4. The Labute approximate surface area is 68.9 Å². The van der Waals surface area contributed by atoms with Gasteiger partial charge in [-0.25, -0.2) is 4.79 Å². The van der Waals surface area contributed by atoms with Gasteiger partial charge < -0.3 is 14.9 Å². The summed E-state index contributed by atoms with van der Waals surface area (Å²) in [4.78, 5) is 20.5. The number of carbonyl (C=O) groups is 2. The van der Waals surface area contributed by atoms with Crippen molar-refractivity contribution in [1.29, 1.82) is 0 Å². The van der Waals surface area contributed by atoms with E-state index in [2.05, 4.69) is 4.74 Å². The molecule has 0 heterocycles. The van der Waals surface area contributed by atoms with Gasteiger partial charge >= 0.3 is 11.9 Å². The summed E-state index contributed by atoms with van der Waals surface area (Å²) in [5.74, 6) is -2.48. The number of carboxylic acid groups (broad SMARTS) is 2. The standard InChI is InChI=1S/C6H11NO5/c1-12-6(7,5(10)11)3-2-4(8)9/h2-3,7H2,1H3,(H,8,9)(H,10,11). The molecule has 1 unspecified atom stereocenters. The largest absolute Gasteiger partial charge is 0.481 e. The minimum absolute atomic E-state index is 0.256. The van der Waals surface area contributed by atoms with E-state index in [4.69, 9.17) is 15.9 Å². The van der Waals surface area contributed by atoms with Gasteiger partial charge in [-0.1, -0.05) is 0 Å². The zero-order chi connectivity index (χ0) is 9.78. The van der Waals surface area contributed by atoms with Gasteiger partial charge in [0.05, 0.1) is 0 Å². The van der Waals surface area contributed by atoms with Gasteiger partial charge in [-0.15, -0.1) is 0 Å². The molecule has 0 radical (unpaired) electrons. The smallest absolute Gasteiger partial charge is 0.351 e. The molecule has 12 heavy (non-hydrogen) atoms. The summed E-state index contributed by atoms with van der Waals surface area (Å²) in [5.41, 5.74) is 3.31. The minimum Gasteiger partial charge on any atom is -0.481 e. The Bertz CT molecular complexity index is 192. The van der Waals surface area contributed by atoms with E-state index >= 15 is 0 Å². The third-order valence-electron chi connectivity index (χ3n) is 1.44. The molecule has 0 aromatic heterocycles. The number of methoxy groups -OCH3 is 1. The van der Waals surface area contributed by atoms with Crippen LogP contribution in [0.25, 0.3) is 0 Å². The average Bonchev–Trinajstić information content (AvgIpc) is 1.99. The SMILES string of the molecule is COC(N)(CCC(=O)O)C(=O)O. The Balaban J connectivity index is 4.15. The minimum atomic E-state index is -1.89. The molecule has 70 valence electrons. The number of carboxylic acids is 2. The van der Waals surface area contributed by atoms with Crippen molar-refractivity contribution in [2.24, 2.45) is 5.73 Å². The Morgan fingerprint density at radius 2 is 2.00 bits per heavy atom. The first-order valence-electron chi connectivity index (χ1n) is 3.21. The maximum absolute atomic E-state index is 10.4. The summed E-state index contributed by atoms with van der Waals surface area (Å²) < 4.78 is 4.46. The van der Waals surface area contributed by atoms with Gasteiger partial charge in [0, 0.05) is 20.0 Å². The van der Waals surface area contributed by atoms with Crippen molar-refractivity contribution in [1.82, 2.24) is 0 Å². The van der Waals surface area contributed by atoms with E-state index in [0.717, 1.165) is 7.11 Å². The summed E-state index contributed by atoms with van der Waals surface area (Å²) in [5, 5.41) is 16.8. The molecular formula is C6H11NO5. The van der Waals surface area contributed by atoms with Gasteiger partial charge in [-0.05, 0) is 0 Å². The normalized spacial score (nSPS) is 15.2. The Hall–Kier alpha value is -1.14. The number of nitrogens with two attached hydrogens (primary N) is 1. The lowest BCUT2D eigenvalue weighted by Crippen LogP contribution is -2.49. The van der Waals surface area contributed by atoms with Crippen molar-refractivity contribution < 1.29 is 24.5 Å². The maximum atomic E-state index is 10.4. The molecule has 0 aromatic carbocycles. The van der Waals surface area contributed by atoms with Crippen LogP contribution >= 0.6 is 0 Å². The van der Waals surface area contributed by atoms with E-state index in [-0.39, 0.29) is 12.8 Å². The number of rotatable bonds is 5. The van der Waals surface area contributed by atoms with Crippen LogP contribution < -0.4 is 5.73 Å². The third-order valence-corrected chi connectivity index (χ3v) is 1.44. The van der Waals surface area contributed by atoms with Crippen LogP contribution in [-0.4, -0.2) is 35.0 Å². The summed E-state index contributed by atoms with van der Waals surface area (Å²) in [6.07, 6.45) is -0.592. The first-order chi connectivity index (χ1) is 5.42. The van der Waals surface area contributed by atoms with Gasteiger partial charge in [0.15, 0.2) is 0 Å². The van der Waals surface area contributed by atoms with Gasteiger partial charge in [0.25, 0.3) is 0 Å². The van der Waals surface area contributed by atoms with E-state index in [1.54, 1.807) is 0 Å². The molecule has 0 rings (SSSR count). The Morgan fingerprint density at radius 1 is 1.50 bits per heavy atom. The first-order valence-corrected chi connectivity index (χ1v) is 3.21. The van der Waals surface area contributed by atoms with Crippen LogP contribution in [0.5, 0.6) is 0 Å². The van der Waals surface area contributed by atoms with Gasteiger partial charge in [-0.2, -0.15) is 0 Å². The average molecular weight is 177 g/mol. The monoisotopic (exact) mass is 177 g/mol. The fourth-order valence-corrected chi connectivity index (χ4v) is 0.589. The summed E-state index contributed by atoms with van der Waals surface area (Å²) in [7, 11) is 1.12. The molecule has 0 bridgehead atoms. The second kappa shape index (κ2) is 4.03. The van der Waals surface area contributed by atoms with Crippen molar-refractivity contribution in [3.8, 4) is 0 Å². The molecule has 0 aliphatic rings. The third kappa shape index (κ3) is 2.85. The molecule has 0 saturated heterocycles. The molecule has 0 fully saturated rings. The van der Waals surface area contributed by atoms with Crippen LogP contribution in [0.15, 0.2) is 0 Å². The highest BCUT2D eigenvalue weighted by atomic mass is 16.5. The van der Waals surface area contributed by atoms with Gasteiger partial charge in [0.2, 0.25) is 5.72 Å². The lowest BCUT2D eigenvalue weighted by molar-refractivity contribution is -0.163. The van der Waals surface area contributed by atoms with Crippen molar-refractivity contribution in [3.63, 3.8) is 0 Å². The molecule has 0 amide bonds. The molecule has 0 aliphatic heterocycles. The Kier molecular flexibility index (Phi) is 3.65. The molecule has 0 spiro atoms. The highest BCUT2D eigenvalue weighted by Gasteiger charge is 2.34. The van der Waals surface area contributed by atoms with E-state index in [1.165, 1.54) is 0 Å². The van der Waals surface area contributed by atoms with E-state index < -0.39 is 17.7 Å². The second-order valence-corrected chi connectivity index (χ2v) is 2.29. The van der Waals surface area contributed by atoms with Crippen LogP contribution in [0, 0.1) is 0 Å². The highest BCUT2D eigenvalue weighted by molar-refractivity contribution is 5.77. The predicted molar refractivity (Wildman–Crippen MR) is 38.4 cm³/mol. The van der Waals surface area contributed by atoms with Crippen molar-refractivity contribution in [2.75, 3.05) is 7.11 Å². The van der Waals surface area contributed by atoms with Gasteiger partial charge in [-0.3, -0.25) is 10.5 Å². The topological polar surface area (TPSA) is 110 Å². The fraction of sp³-hybridized carbons (Fsp3) is 0.667. The summed E-state index contributed by atoms with van der Waals surface area (Å²) >= 11 is 0. The van der Waals surface area contributed by atoms with E-state index in [1.807, 2.05) is 0 Å². The highest BCUT2D eigenvalue weighted by Crippen LogP contribution is 2.10. The van der Waals surface area contributed by atoms with Crippen LogP contribution in [0.2, 0.25) is 0 Å². The number of ether oxygens (including phenoxy) is 1. The molecule has 6 heteroatoms. The van der Waals surface area contributed by atoms with E-state index in [9.17, 15) is 9.59 Å². The number of aliphatic carboxylic acids is 2. The summed E-state index contributed by atoms with van der Waals surface area (Å²) in [6, 6.07) is 0. The quantitative estimate of drug-likeness (QED) is 0.476. The summed E-state index contributed by atoms with van der Waals surface area (Å²) in [6.45, 7) is 0. The molecule has 0 aromatic rings. The maximum Gasteiger partial charge on any atom is 0.351 e. The molecule has 1 atom stereocenters. The lowest BCUT2D eigenvalue weighted by atomic mass is 10.1. The van der Waals surface area contributed by atoms with E-state index in [0.29, 0.717) is 0 Å². The van der Waals surface area contributed by atoms with Crippen molar-refractivity contribution >= 4 is 11.9 Å². The van der Waals surface area contributed by atoms with Crippen LogP contribution in [0.1, 0.15) is 12.8 Å². The lowest BCUT2D eigenvalue weighted by Gasteiger charge is -2.21. The molecule has 0 aliphatic carbocycles. The molecule has 6 nitrogen and oxygen atoms in total. The van der Waals surface area contributed by atoms with Gasteiger partial charge in [0.1, 0.15) is 0 Å². The van der Waals surface area contributed by atoms with Crippen LogP contribution in [0.3, 0.4) is 0 Å². The fourth-order valence-electron chi connectivity index (χ4n) is 0.589. The molecular weight excluding hydrogens is 166 g/mol. The molecule has 0 saturated carbocycles.